The molecule has 0 saturated heterocycles. The number of benzene rings is 3. The van der Waals surface area contributed by atoms with Gasteiger partial charge in [-0.3, -0.25) is 0 Å². The predicted octanol–water partition coefficient (Wildman–Crippen LogP) is 6.76. The maximum absolute atomic E-state index is 6.39. The smallest absolute Gasteiger partial charge is 0.213 e. The third-order valence-electron chi connectivity index (χ3n) is 5.81. The summed E-state index contributed by atoms with van der Waals surface area (Å²) >= 11 is 6.11. The Morgan fingerprint density at radius 1 is 1.03 bits per heavy atom. The molecular formula is C26H25ClN2O2. The molecule has 2 aliphatic heterocycles. The van der Waals surface area contributed by atoms with Gasteiger partial charge in [-0.2, -0.15) is 5.10 Å². The van der Waals surface area contributed by atoms with Crippen molar-refractivity contribution in [2.45, 2.75) is 38.5 Å². The summed E-state index contributed by atoms with van der Waals surface area (Å²) in [5, 5.41) is 7.82. The molecule has 4 nitrogen and oxygen atoms in total. The van der Waals surface area contributed by atoms with Crippen molar-refractivity contribution in [1.82, 2.24) is 5.01 Å². The Morgan fingerprint density at radius 3 is 2.58 bits per heavy atom. The first-order valence-corrected chi connectivity index (χ1v) is 11.2. The van der Waals surface area contributed by atoms with Crippen LogP contribution in [0.2, 0.25) is 5.02 Å². The Kier molecular flexibility index (Phi) is 5.56. The highest BCUT2D eigenvalue weighted by Gasteiger charge is 2.40. The van der Waals surface area contributed by atoms with Crippen molar-refractivity contribution in [3.8, 4) is 11.5 Å². The highest BCUT2D eigenvalue weighted by molar-refractivity contribution is 6.30. The summed E-state index contributed by atoms with van der Waals surface area (Å²) in [6, 6.07) is 24.5. The molecule has 0 bridgehead atoms. The Morgan fingerprint density at radius 2 is 1.81 bits per heavy atom. The van der Waals surface area contributed by atoms with E-state index in [0.29, 0.717) is 5.02 Å². The summed E-state index contributed by atoms with van der Waals surface area (Å²) in [6.07, 6.45) is 2.74. The van der Waals surface area contributed by atoms with E-state index < -0.39 is 0 Å². The van der Waals surface area contributed by atoms with Crippen LogP contribution < -0.4 is 9.47 Å². The molecular weight excluding hydrogens is 408 g/mol. The monoisotopic (exact) mass is 432 g/mol. The van der Waals surface area contributed by atoms with Gasteiger partial charge in [0.25, 0.3) is 0 Å². The standard InChI is InChI=1S/C26H25ClN2O2/c1-2-3-16-30-21-14-10-18(11-15-21)23-17-24-22-6-4-5-7-25(22)31-26(29(24)28-23)19-8-12-20(27)13-9-19/h4-15,24,26H,2-3,16-17H2,1H3/t24-,26-/m1/s1. The van der Waals surface area contributed by atoms with E-state index in [1.54, 1.807) is 0 Å². The summed E-state index contributed by atoms with van der Waals surface area (Å²) in [6.45, 7) is 2.92. The number of hydrogen-bond donors (Lipinski definition) is 0. The molecule has 0 saturated carbocycles. The molecule has 2 atom stereocenters. The summed E-state index contributed by atoms with van der Waals surface area (Å²) < 4.78 is 12.2. The van der Waals surface area contributed by atoms with E-state index in [1.165, 1.54) is 5.56 Å². The maximum atomic E-state index is 6.39. The maximum Gasteiger partial charge on any atom is 0.213 e. The lowest BCUT2D eigenvalue weighted by atomic mass is 9.96. The molecule has 0 spiro atoms. The van der Waals surface area contributed by atoms with E-state index in [-0.39, 0.29) is 12.3 Å². The summed E-state index contributed by atoms with van der Waals surface area (Å²) in [4.78, 5) is 0. The summed E-state index contributed by atoms with van der Waals surface area (Å²) in [7, 11) is 0. The Hall–Kier alpha value is -2.98. The molecule has 158 valence electrons. The number of para-hydroxylation sites is 1. The highest BCUT2D eigenvalue weighted by atomic mass is 35.5. The van der Waals surface area contributed by atoms with Crippen molar-refractivity contribution in [2.24, 2.45) is 5.10 Å². The van der Waals surface area contributed by atoms with Gasteiger partial charge in [-0.05, 0) is 54.4 Å². The third-order valence-corrected chi connectivity index (χ3v) is 6.06. The van der Waals surface area contributed by atoms with Crippen LogP contribution >= 0.6 is 11.6 Å². The normalized spacial score (nSPS) is 19.3. The van der Waals surface area contributed by atoms with Gasteiger partial charge in [0.15, 0.2) is 0 Å². The minimum absolute atomic E-state index is 0.140. The highest BCUT2D eigenvalue weighted by Crippen LogP contribution is 2.47. The Balaban J connectivity index is 1.45. The van der Waals surface area contributed by atoms with Gasteiger partial charge in [-0.25, -0.2) is 5.01 Å². The molecule has 0 unspecified atom stereocenters. The van der Waals surface area contributed by atoms with Crippen LogP contribution in [0.4, 0.5) is 0 Å². The first kappa shape index (κ1) is 20.0. The van der Waals surface area contributed by atoms with Crippen molar-refractivity contribution >= 4 is 17.3 Å². The van der Waals surface area contributed by atoms with E-state index in [9.17, 15) is 0 Å². The molecule has 0 fully saturated rings. The lowest BCUT2D eigenvalue weighted by Gasteiger charge is -2.38. The lowest BCUT2D eigenvalue weighted by molar-refractivity contribution is -0.0190. The molecule has 0 amide bonds. The number of fused-ring (bicyclic) bond motifs is 3. The van der Waals surface area contributed by atoms with Gasteiger partial charge in [0.1, 0.15) is 11.5 Å². The number of ether oxygens (including phenoxy) is 2. The fourth-order valence-electron chi connectivity index (χ4n) is 4.13. The average molecular weight is 433 g/mol. The zero-order valence-electron chi connectivity index (χ0n) is 17.5. The quantitative estimate of drug-likeness (QED) is 0.403. The molecule has 2 aliphatic rings. The topological polar surface area (TPSA) is 34.1 Å². The fourth-order valence-corrected chi connectivity index (χ4v) is 4.26. The van der Waals surface area contributed by atoms with Crippen molar-refractivity contribution in [3.63, 3.8) is 0 Å². The van der Waals surface area contributed by atoms with Gasteiger partial charge in [0.05, 0.1) is 18.4 Å². The fraction of sp³-hybridized carbons (Fsp3) is 0.269. The molecule has 31 heavy (non-hydrogen) atoms. The number of nitrogens with zero attached hydrogens (tertiary/aromatic N) is 2. The van der Waals surface area contributed by atoms with Crippen molar-refractivity contribution in [2.75, 3.05) is 6.61 Å². The van der Waals surface area contributed by atoms with Gasteiger partial charge >= 0.3 is 0 Å². The molecule has 3 aromatic rings. The van der Waals surface area contributed by atoms with Crippen LogP contribution in [0.3, 0.4) is 0 Å². The largest absolute Gasteiger partial charge is 0.494 e. The van der Waals surface area contributed by atoms with Crippen LogP contribution in [0, 0.1) is 0 Å². The third kappa shape index (κ3) is 4.00. The van der Waals surface area contributed by atoms with Gasteiger partial charge < -0.3 is 9.47 Å². The van der Waals surface area contributed by atoms with Gasteiger partial charge in [0, 0.05) is 22.6 Å². The van der Waals surface area contributed by atoms with Crippen LogP contribution in [0.15, 0.2) is 77.9 Å². The second-order valence-corrected chi connectivity index (χ2v) is 8.37. The lowest BCUT2D eigenvalue weighted by Crippen LogP contribution is -2.33. The minimum Gasteiger partial charge on any atom is -0.494 e. The van der Waals surface area contributed by atoms with Gasteiger partial charge in [-0.15, -0.1) is 0 Å². The number of hydrazone groups is 1. The first-order chi connectivity index (χ1) is 15.2. The second-order valence-electron chi connectivity index (χ2n) is 7.93. The van der Waals surface area contributed by atoms with E-state index in [1.807, 2.05) is 48.5 Å². The number of unbranched alkanes of at least 4 members (excludes halogenated alkanes) is 1. The summed E-state index contributed by atoms with van der Waals surface area (Å²) in [5.74, 6) is 1.82. The van der Waals surface area contributed by atoms with Crippen LogP contribution in [-0.4, -0.2) is 17.3 Å². The molecule has 0 aromatic heterocycles. The average Bonchev–Trinajstić information content (AvgIpc) is 3.26. The molecule has 3 aromatic carbocycles. The number of halogens is 1. The summed E-state index contributed by atoms with van der Waals surface area (Å²) in [5.41, 5.74) is 4.38. The van der Waals surface area contributed by atoms with E-state index in [2.05, 4.69) is 36.2 Å². The van der Waals surface area contributed by atoms with Crippen molar-refractivity contribution < 1.29 is 9.47 Å². The van der Waals surface area contributed by atoms with Crippen molar-refractivity contribution in [3.05, 3.63) is 94.5 Å². The molecule has 2 heterocycles. The van der Waals surface area contributed by atoms with Crippen molar-refractivity contribution in [1.29, 1.82) is 0 Å². The predicted molar refractivity (Wildman–Crippen MR) is 124 cm³/mol. The van der Waals surface area contributed by atoms with Crippen LogP contribution in [-0.2, 0) is 0 Å². The first-order valence-electron chi connectivity index (χ1n) is 10.8. The SMILES string of the molecule is CCCCOc1ccc(C2=NN3[C@H](C2)c2ccccc2O[C@@H]3c2ccc(Cl)cc2)cc1. The Bertz CT molecular complexity index is 1080. The van der Waals surface area contributed by atoms with Crippen LogP contribution in [0.25, 0.3) is 0 Å². The molecule has 5 rings (SSSR count). The second kappa shape index (κ2) is 8.64. The number of rotatable bonds is 6. The Labute approximate surface area is 188 Å². The van der Waals surface area contributed by atoms with E-state index in [0.717, 1.165) is 54.2 Å². The number of hydrogen-bond acceptors (Lipinski definition) is 4. The van der Waals surface area contributed by atoms with E-state index >= 15 is 0 Å². The van der Waals surface area contributed by atoms with Gasteiger partial charge in [0.2, 0.25) is 6.23 Å². The molecule has 0 radical (unpaired) electrons. The zero-order chi connectivity index (χ0) is 21.2. The van der Waals surface area contributed by atoms with Gasteiger partial charge in [-0.1, -0.05) is 55.3 Å². The van der Waals surface area contributed by atoms with E-state index in [4.69, 9.17) is 26.2 Å². The molecule has 5 heteroatoms. The minimum atomic E-state index is -0.286. The van der Waals surface area contributed by atoms with Crippen LogP contribution in [0.1, 0.15) is 55.1 Å². The van der Waals surface area contributed by atoms with Crippen LogP contribution in [0.5, 0.6) is 11.5 Å². The molecule has 0 N–H and O–H groups in total. The zero-order valence-corrected chi connectivity index (χ0v) is 18.3. The molecule has 0 aliphatic carbocycles.